The molecule has 2 N–H and O–H groups in total. The summed E-state index contributed by atoms with van der Waals surface area (Å²) in [5, 5.41) is 1.64. The first-order valence-corrected chi connectivity index (χ1v) is 7.52. The summed E-state index contributed by atoms with van der Waals surface area (Å²) in [7, 11) is 0. The van der Waals surface area contributed by atoms with Crippen LogP contribution >= 0.6 is 27.5 Å². The molecular weight excluding hydrogens is 352 g/mol. The molecule has 5 heteroatoms. The van der Waals surface area contributed by atoms with Crippen molar-refractivity contribution in [2.75, 3.05) is 5.73 Å². The largest absolute Gasteiger partial charge is 0.486 e. The van der Waals surface area contributed by atoms with Crippen LogP contribution in [0.4, 0.5) is 5.69 Å². The molecule has 2 aromatic carbocycles. The molecule has 0 unspecified atom stereocenters. The molecule has 0 amide bonds. The normalized spacial score (nSPS) is 10.8. The summed E-state index contributed by atoms with van der Waals surface area (Å²) in [6, 6.07) is 13.3. The molecule has 0 aliphatic rings. The van der Waals surface area contributed by atoms with Crippen LogP contribution in [0.15, 0.2) is 53.1 Å². The van der Waals surface area contributed by atoms with Gasteiger partial charge in [-0.15, -0.1) is 0 Å². The van der Waals surface area contributed by atoms with E-state index in [4.69, 9.17) is 22.1 Å². The Morgan fingerprint density at radius 3 is 2.81 bits per heavy atom. The van der Waals surface area contributed by atoms with Gasteiger partial charge in [-0.05, 0) is 40.2 Å². The van der Waals surface area contributed by atoms with Crippen LogP contribution in [0.5, 0.6) is 5.75 Å². The lowest BCUT2D eigenvalue weighted by Crippen LogP contribution is -2.00. The maximum Gasteiger partial charge on any atom is 0.156 e. The standard InChI is InChI=1S/C16H12BrClN2O/c17-13-7-11(18)8-14(19)16(13)21-9-10-5-6-20-15-4-2-1-3-12(10)15/h1-8H,9,19H2. The van der Waals surface area contributed by atoms with E-state index in [0.717, 1.165) is 20.9 Å². The molecule has 0 aliphatic heterocycles. The van der Waals surface area contributed by atoms with Crippen molar-refractivity contribution >= 4 is 44.1 Å². The number of nitrogen functional groups attached to an aromatic ring is 1. The van der Waals surface area contributed by atoms with Gasteiger partial charge in [0.2, 0.25) is 0 Å². The van der Waals surface area contributed by atoms with Gasteiger partial charge in [0.15, 0.2) is 5.75 Å². The van der Waals surface area contributed by atoms with Gasteiger partial charge in [0.1, 0.15) is 6.61 Å². The van der Waals surface area contributed by atoms with Gasteiger partial charge in [0, 0.05) is 22.2 Å². The highest BCUT2D eigenvalue weighted by Crippen LogP contribution is 2.35. The highest BCUT2D eigenvalue weighted by Gasteiger charge is 2.09. The number of nitrogens with two attached hydrogens (primary N) is 1. The minimum atomic E-state index is 0.410. The molecule has 0 spiro atoms. The molecule has 0 fully saturated rings. The van der Waals surface area contributed by atoms with Crippen molar-refractivity contribution in [3.05, 3.63) is 63.7 Å². The Kier molecular flexibility index (Phi) is 3.99. The fraction of sp³-hybridized carbons (Fsp3) is 0.0625. The summed E-state index contributed by atoms with van der Waals surface area (Å²) in [5.74, 6) is 0.597. The Bertz CT molecular complexity index is 779. The smallest absolute Gasteiger partial charge is 0.156 e. The number of pyridine rings is 1. The van der Waals surface area contributed by atoms with Gasteiger partial charge >= 0.3 is 0 Å². The van der Waals surface area contributed by atoms with Gasteiger partial charge in [-0.3, -0.25) is 4.98 Å². The monoisotopic (exact) mass is 362 g/mol. The Balaban J connectivity index is 1.91. The zero-order chi connectivity index (χ0) is 14.8. The molecule has 0 radical (unpaired) electrons. The van der Waals surface area contributed by atoms with Gasteiger partial charge in [0.05, 0.1) is 15.7 Å². The summed E-state index contributed by atoms with van der Waals surface area (Å²) < 4.78 is 6.60. The molecule has 0 aliphatic carbocycles. The van der Waals surface area contributed by atoms with Crippen LogP contribution in [0.25, 0.3) is 10.9 Å². The molecule has 3 nitrogen and oxygen atoms in total. The number of fused-ring (bicyclic) bond motifs is 1. The first-order valence-electron chi connectivity index (χ1n) is 6.35. The molecule has 0 atom stereocenters. The van der Waals surface area contributed by atoms with Crippen molar-refractivity contribution in [1.82, 2.24) is 4.98 Å². The van der Waals surface area contributed by atoms with E-state index in [0.29, 0.717) is 23.1 Å². The lowest BCUT2D eigenvalue weighted by atomic mass is 10.1. The molecule has 0 saturated carbocycles. The first kappa shape index (κ1) is 14.2. The summed E-state index contributed by atoms with van der Waals surface area (Å²) >= 11 is 9.36. The third-order valence-corrected chi connectivity index (χ3v) is 3.96. The second-order valence-electron chi connectivity index (χ2n) is 4.58. The minimum absolute atomic E-state index is 0.410. The number of para-hydroxylation sites is 1. The highest BCUT2D eigenvalue weighted by molar-refractivity contribution is 9.10. The molecule has 3 aromatic rings. The Morgan fingerprint density at radius 1 is 1.19 bits per heavy atom. The predicted molar refractivity (Wildman–Crippen MR) is 89.6 cm³/mol. The lowest BCUT2D eigenvalue weighted by Gasteiger charge is -2.12. The van der Waals surface area contributed by atoms with Gasteiger partial charge in [0.25, 0.3) is 0 Å². The summed E-state index contributed by atoms with van der Waals surface area (Å²) in [6.45, 7) is 0.410. The van der Waals surface area contributed by atoms with Crippen LogP contribution in [0, 0.1) is 0 Å². The quantitative estimate of drug-likeness (QED) is 0.679. The van der Waals surface area contributed by atoms with Crippen LogP contribution < -0.4 is 10.5 Å². The van der Waals surface area contributed by atoms with E-state index in [2.05, 4.69) is 20.9 Å². The molecule has 21 heavy (non-hydrogen) atoms. The number of benzene rings is 2. The lowest BCUT2D eigenvalue weighted by molar-refractivity contribution is 0.307. The fourth-order valence-corrected chi connectivity index (χ4v) is 3.11. The molecule has 3 rings (SSSR count). The number of nitrogens with zero attached hydrogens (tertiary/aromatic N) is 1. The van der Waals surface area contributed by atoms with E-state index in [1.807, 2.05) is 30.3 Å². The average molecular weight is 364 g/mol. The topological polar surface area (TPSA) is 48.1 Å². The number of anilines is 1. The number of rotatable bonds is 3. The van der Waals surface area contributed by atoms with Crippen molar-refractivity contribution in [3.63, 3.8) is 0 Å². The Labute approximate surface area is 135 Å². The second-order valence-corrected chi connectivity index (χ2v) is 5.87. The van der Waals surface area contributed by atoms with Gasteiger partial charge in [-0.1, -0.05) is 29.8 Å². The third-order valence-electron chi connectivity index (χ3n) is 3.15. The molecule has 0 saturated heterocycles. The second kappa shape index (κ2) is 5.92. The minimum Gasteiger partial charge on any atom is -0.486 e. The number of halogens is 2. The van der Waals surface area contributed by atoms with Crippen molar-refractivity contribution in [1.29, 1.82) is 0 Å². The first-order chi connectivity index (χ1) is 10.1. The van der Waals surface area contributed by atoms with Gasteiger partial charge in [-0.2, -0.15) is 0 Å². The molecule has 1 aromatic heterocycles. The van der Waals surface area contributed by atoms with Crippen molar-refractivity contribution in [2.24, 2.45) is 0 Å². The van der Waals surface area contributed by atoms with E-state index in [1.165, 1.54) is 0 Å². The number of ether oxygens (including phenoxy) is 1. The number of hydrogen-bond donors (Lipinski definition) is 1. The van der Waals surface area contributed by atoms with Crippen molar-refractivity contribution in [2.45, 2.75) is 6.61 Å². The summed E-state index contributed by atoms with van der Waals surface area (Å²) in [4.78, 5) is 4.34. The highest BCUT2D eigenvalue weighted by atomic mass is 79.9. The Hall–Kier alpha value is -1.78. The van der Waals surface area contributed by atoms with Crippen molar-refractivity contribution < 1.29 is 4.74 Å². The zero-order valence-electron chi connectivity index (χ0n) is 11.0. The molecule has 106 valence electrons. The molecular formula is C16H12BrClN2O. The number of aromatic nitrogens is 1. The third kappa shape index (κ3) is 2.96. The summed E-state index contributed by atoms with van der Waals surface area (Å²) in [6.07, 6.45) is 1.78. The van der Waals surface area contributed by atoms with Gasteiger partial charge in [-0.25, -0.2) is 0 Å². The fourth-order valence-electron chi connectivity index (χ4n) is 2.16. The van der Waals surface area contributed by atoms with Crippen LogP contribution in [0.3, 0.4) is 0 Å². The zero-order valence-corrected chi connectivity index (χ0v) is 13.4. The van der Waals surface area contributed by atoms with E-state index >= 15 is 0 Å². The van der Waals surface area contributed by atoms with E-state index < -0.39 is 0 Å². The van der Waals surface area contributed by atoms with Crippen LogP contribution in [0.1, 0.15) is 5.56 Å². The SMILES string of the molecule is Nc1cc(Cl)cc(Br)c1OCc1ccnc2ccccc12. The van der Waals surface area contributed by atoms with E-state index in [9.17, 15) is 0 Å². The predicted octanol–water partition coefficient (Wildman–Crippen LogP) is 4.81. The van der Waals surface area contributed by atoms with E-state index in [-0.39, 0.29) is 0 Å². The van der Waals surface area contributed by atoms with Crippen molar-refractivity contribution in [3.8, 4) is 5.75 Å². The van der Waals surface area contributed by atoms with Crippen LogP contribution in [0.2, 0.25) is 5.02 Å². The average Bonchev–Trinajstić information content (AvgIpc) is 2.46. The number of hydrogen-bond acceptors (Lipinski definition) is 3. The molecule has 0 bridgehead atoms. The van der Waals surface area contributed by atoms with Crippen LogP contribution in [-0.2, 0) is 6.61 Å². The Morgan fingerprint density at radius 2 is 2.00 bits per heavy atom. The maximum absolute atomic E-state index is 5.95. The maximum atomic E-state index is 5.95. The van der Waals surface area contributed by atoms with Gasteiger partial charge < -0.3 is 10.5 Å². The summed E-state index contributed by atoms with van der Waals surface area (Å²) in [5.41, 5.74) is 8.46. The van der Waals surface area contributed by atoms with E-state index in [1.54, 1.807) is 18.3 Å². The van der Waals surface area contributed by atoms with Crippen LogP contribution in [-0.4, -0.2) is 4.98 Å². The molecule has 1 heterocycles.